The van der Waals surface area contributed by atoms with Crippen molar-refractivity contribution in [2.45, 2.75) is 32.4 Å². The summed E-state index contributed by atoms with van der Waals surface area (Å²) < 4.78 is 50.1. The zero-order valence-corrected chi connectivity index (χ0v) is 8.74. The lowest BCUT2D eigenvalue weighted by Gasteiger charge is -2.20. The van der Waals surface area contributed by atoms with Crippen LogP contribution in [0.4, 0.5) is 17.6 Å². The highest BCUT2D eigenvalue weighted by Crippen LogP contribution is 2.32. The quantitative estimate of drug-likeness (QED) is 0.576. The Bertz CT molecular complexity index is 358. The molecule has 0 N–H and O–H groups in total. The second kappa shape index (κ2) is 3.51. The van der Waals surface area contributed by atoms with Crippen LogP contribution in [-0.4, -0.2) is 0 Å². The number of halogens is 4. The van der Waals surface area contributed by atoms with Gasteiger partial charge in [0.1, 0.15) is 5.82 Å². The first kappa shape index (κ1) is 12.0. The summed E-state index contributed by atoms with van der Waals surface area (Å²) in [5.41, 5.74) is -1.16. The first-order chi connectivity index (χ1) is 6.62. The summed E-state index contributed by atoms with van der Waals surface area (Å²) in [6.07, 6.45) is -4.49. The number of hydrogen-bond donors (Lipinski definition) is 0. The van der Waals surface area contributed by atoms with Gasteiger partial charge in [-0.1, -0.05) is 26.8 Å². The molecular weight excluding hydrogens is 208 g/mol. The van der Waals surface area contributed by atoms with Crippen LogP contribution in [0.5, 0.6) is 0 Å². The van der Waals surface area contributed by atoms with Crippen LogP contribution in [0.3, 0.4) is 0 Å². The zero-order chi connectivity index (χ0) is 11.9. The SMILES string of the molecule is CC(C)(C)c1ccc(C(F)(F)F)cc1F. The number of alkyl halides is 3. The topological polar surface area (TPSA) is 0 Å². The van der Waals surface area contributed by atoms with Crippen LogP contribution in [0.15, 0.2) is 18.2 Å². The van der Waals surface area contributed by atoms with Gasteiger partial charge in [0.05, 0.1) is 5.56 Å². The predicted octanol–water partition coefficient (Wildman–Crippen LogP) is 4.14. The maximum absolute atomic E-state index is 13.4. The van der Waals surface area contributed by atoms with Crippen LogP contribution in [0.1, 0.15) is 31.9 Å². The van der Waals surface area contributed by atoms with Gasteiger partial charge < -0.3 is 0 Å². The molecule has 0 aliphatic heterocycles. The van der Waals surface area contributed by atoms with Gasteiger partial charge in [-0.3, -0.25) is 0 Å². The molecule has 0 aliphatic rings. The number of benzene rings is 1. The molecule has 1 aromatic carbocycles. The Labute approximate surface area is 85.9 Å². The molecule has 4 heteroatoms. The molecule has 0 fully saturated rings. The van der Waals surface area contributed by atoms with Gasteiger partial charge >= 0.3 is 6.18 Å². The minimum absolute atomic E-state index is 0.288. The maximum atomic E-state index is 13.4. The summed E-state index contributed by atoms with van der Waals surface area (Å²) >= 11 is 0. The Morgan fingerprint density at radius 2 is 1.53 bits per heavy atom. The van der Waals surface area contributed by atoms with Crippen molar-refractivity contribution in [3.8, 4) is 0 Å². The van der Waals surface area contributed by atoms with Crippen molar-refractivity contribution < 1.29 is 17.6 Å². The molecule has 15 heavy (non-hydrogen) atoms. The molecule has 0 heterocycles. The lowest BCUT2D eigenvalue weighted by molar-refractivity contribution is -0.137. The Morgan fingerprint density at radius 3 is 1.87 bits per heavy atom. The van der Waals surface area contributed by atoms with Crippen molar-refractivity contribution in [3.63, 3.8) is 0 Å². The lowest BCUT2D eigenvalue weighted by Crippen LogP contribution is -2.15. The predicted molar refractivity (Wildman–Crippen MR) is 50.1 cm³/mol. The van der Waals surface area contributed by atoms with Crippen molar-refractivity contribution in [2.75, 3.05) is 0 Å². The van der Waals surface area contributed by atoms with E-state index in [0.717, 1.165) is 6.07 Å². The molecule has 0 unspecified atom stereocenters. The molecule has 0 nitrogen and oxygen atoms in total. The fraction of sp³-hybridized carbons (Fsp3) is 0.455. The second-order valence-corrected chi connectivity index (χ2v) is 4.44. The summed E-state index contributed by atoms with van der Waals surface area (Å²) in [6.45, 7) is 5.25. The van der Waals surface area contributed by atoms with Crippen LogP contribution in [0.25, 0.3) is 0 Å². The first-order valence-electron chi connectivity index (χ1n) is 4.49. The van der Waals surface area contributed by atoms with E-state index in [1.165, 1.54) is 6.07 Å². The average molecular weight is 220 g/mol. The van der Waals surface area contributed by atoms with Gasteiger partial charge in [-0.25, -0.2) is 4.39 Å². The van der Waals surface area contributed by atoms with E-state index < -0.39 is 23.0 Å². The van der Waals surface area contributed by atoms with Crippen LogP contribution in [0, 0.1) is 5.82 Å². The Kier molecular flexibility index (Phi) is 2.81. The highest BCUT2D eigenvalue weighted by atomic mass is 19.4. The van der Waals surface area contributed by atoms with Gasteiger partial charge in [0.15, 0.2) is 0 Å². The molecule has 0 aromatic heterocycles. The fourth-order valence-corrected chi connectivity index (χ4v) is 1.30. The molecule has 84 valence electrons. The average Bonchev–Trinajstić information content (AvgIpc) is 1.99. The van der Waals surface area contributed by atoms with Gasteiger partial charge in [-0.15, -0.1) is 0 Å². The van der Waals surface area contributed by atoms with Gasteiger partial charge in [-0.2, -0.15) is 13.2 Å². The largest absolute Gasteiger partial charge is 0.416 e. The Balaban J connectivity index is 3.21. The molecule has 0 atom stereocenters. The van der Waals surface area contributed by atoms with E-state index in [4.69, 9.17) is 0 Å². The second-order valence-electron chi connectivity index (χ2n) is 4.44. The first-order valence-corrected chi connectivity index (χ1v) is 4.49. The van der Waals surface area contributed by atoms with E-state index in [1.54, 1.807) is 20.8 Å². The Hall–Kier alpha value is -1.06. The van der Waals surface area contributed by atoms with Crippen molar-refractivity contribution in [1.82, 2.24) is 0 Å². The minimum atomic E-state index is -4.49. The highest BCUT2D eigenvalue weighted by Gasteiger charge is 2.32. The third-order valence-corrected chi connectivity index (χ3v) is 2.10. The molecule has 0 spiro atoms. The monoisotopic (exact) mass is 220 g/mol. The molecule has 0 radical (unpaired) electrons. The lowest BCUT2D eigenvalue weighted by atomic mass is 9.86. The summed E-state index contributed by atoms with van der Waals surface area (Å²) in [4.78, 5) is 0. The molecule has 0 amide bonds. The van der Waals surface area contributed by atoms with E-state index in [9.17, 15) is 17.6 Å². The van der Waals surface area contributed by atoms with Crippen LogP contribution >= 0.6 is 0 Å². The Morgan fingerprint density at radius 1 is 1.00 bits per heavy atom. The van der Waals surface area contributed by atoms with Gasteiger partial charge in [0.25, 0.3) is 0 Å². The normalized spacial score (nSPS) is 13.0. The van der Waals surface area contributed by atoms with Crippen LogP contribution in [0.2, 0.25) is 0 Å². The fourth-order valence-electron chi connectivity index (χ4n) is 1.30. The van der Waals surface area contributed by atoms with E-state index in [1.807, 2.05) is 0 Å². The summed E-state index contributed by atoms with van der Waals surface area (Å²) in [7, 11) is 0. The third kappa shape index (κ3) is 2.70. The molecular formula is C11H12F4. The molecule has 0 bridgehead atoms. The zero-order valence-electron chi connectivity index (χ0n) is 8.74. The van der Waals surface area contributed by atoms with Gasteiger partial charge in [0, 0.05) is 0 Å². The van der Waals surface area contributed by atoms with E-state index in [-0.39, 0.29) is 5.56 Å². The van der Waals surface area contributed by atoms with Gasteiger partial charge in [-0.05, 0) is 23.1 Å². The van der Waals surface area contributed by atoms with Crippen LogP contribution in [-0.2, 0) is 11.6 Å². The third-order valence-electron chi connectivity index (χ3n) is 2.10. The minimum Gasteiger partial charge on any atom is -0.207 e. The van der Waals surface area contributed by atoms with E-state index in [0.29, 0.717) is 6.07 Å². The van der Waals surface area contributed by atoms with Crippen molar-refractivity contribution >= 4 is 0 Å². The summed E-state index contributed by atoms with van der Waals surface area (Å²) in [5.74, 6) is -0.808. The maximum Gasteiger partial charge on any atom is 0.416 e. The van der Waals surface area contributed by atoms with E-state index >= 15 is 0 Å². The molecule has 0 saturated heterocycles. The van der Waals surface area contributed by atoms with Gasteiger partial charge in [0.2, 0.25) is 0 Å². The number of rotatable bonds is 0. The molecule has 0 aliphatic carbocycles. The number of hydrogen-bond acceptors (Lipinski definition) is 0. The van der Waals surface area contributed by atoms with Crippen molar-refractivity contribution in [3.05, 3.63) is 35.1 Å². The molecule has 0 saturated carbocycles. The smallest absolute Gasteiger partial charge is 0.207 e. The molecule has 1 rings (SSSR count). The van der Waals surface area contributed by atoms with Crippen LogP contribution < -0.4 is 0 Å². The highest BCUT2D eigenvalue weighted by molar-refractivity contribution is 5.30. The summed E-state index contributed by atoms with van der Waals surface area (Å²) in [6, 6.07) is 2.64. The van der Waals surface area contributed by atoms with Crippen molar-refractivity contribution in [2.24, 2.45) is 0 Å². The van der Waals surface area contributed by atoms with E-state index in [2.05, 4.69) is 0 Å². The molecule has 1 aromatic rings. The standard InChI is InChI=1S/C11H12F4/c1-10(2,3)8-5-4-7(6-9(8)12)11(13,14)15/h4-6H,1-3H3. The summed E-state index contributed by atoms with van der Waals surface area (Å²) in [5, 5.41) is 0. The van der Waals surface area contributed by atoms with Crippen molar-refractivity contribution in [1.29, 1.82) is 0 Å².